The standard InChI is InChI=1S/C22H24N6O2S/c1-31(29,30)18-8-6-17(7-9-18)28-22(24-25-26-28)15-27-12-10-16(11-13-27)20-14-23-21-5-3-2-4-19(20)21/h2-9,14,16,23H,10-13,15H2,1H3. The van der Waals surface area contributed by atoms with Crippen molar-refractivity contribution in [3.05, 3.63) is 66.1 Å². The molecular weight excluding hydrogens is 412 g/mol. The van der Waals surface area contributed by atoms with E-state index >= 15 is 0 Å². The lowest BCUT2D eigenvalue weighted by atomic mass is 9.89. The van der Waals surface area contributed by atoms with E-state index in [2.05, 4.69) is 55.9 Å². The van der Waals surface area contributed by atoms with Crippen molar-refractivity contribution in [2.75, 3.05) is 19.3 Å². The van der Waals surface area contributed by atoms with E-state index in [1.807, 2.05) is 0 Å². The van der Waals surface area contributed by atoms with Crippen LogP contribution in [0.4, 0.5) is 0 Å². The Morgan fingerprint density at radius 1 is 1.06 bits per heavy atom. The quantitative estimate of drug-likeness (QED) is 0.517. The molecule has 8 nitrogen and oxygen atoms in total. The SMILES string of the molecule is CS(=O)(=O)c1ccc(-n2nnnc2CN2CCC(c3c[nH]c4ccccc34)CC2)cc1. The van der Waals surface area contributed by atoms with Crippen LogP contribution >= 0.6 is 0 Å². The van der Waals surface area contributed by atoms with Gasteiger partial charge in [0.25, 0.3) is 0 Å². The lowest BCUT2D eigenvalue weighted by Gasteiger charge is -2.31. The summed E-state index contributed by atoms with van der Waals surface area (Å²) in [5.41, 5.74) is 3.35. The molecule has 0 bridgehead atoms. The molecule has 1 saturated heterocycles. The lowest BCUT2D eigenvalue weighted by molar-refractivity contribution is 0.199. The molecule has 0 amide bonds. The van der Waals surface area contributed by atoms with Gasteiger partial charge in [0.05, 0.1) is 17.1 Å². The first kappa shape index (κ1) is 19.9. The van der Waals surface area contributed by atoms with E-state index in [1.165, 1.54) is 22.7 Å². The maximum atomic E-state index is 11.7. The molecule has 160 valence electrons. The van der Waals surface area contributed by atoms with E-state index in [-0.39, 0.29) is 4.90 Å². The van der Waals surface area contributed by atoms with Gasteiger partial charge in [0.2, 0.25) is 0 Å². The molecule has 0 spiro atoms. The second-order valence-corrected chi connectivity index (χ2v) is 10.1. The highest BCUT2D eigenvalue weighted by Gasteiger charge is 2.24. The van der Waals surface area contributed by atoms with Gasteiger partial charge in [0, 0.05) is 23.4 Å². The molecule has 31 heavy (non-hydrogen) atoms. The molecule has 0 aliphatic carbocycles. The van der Waals surface area contributed by atoms with Gasteiger partial charge in [-0.05, 0) is 78.2 Å². The Kier molecular flexibility index (Phi) is 5.07. The molecule has 1 aliphatic rings. The predicted octanol–water partition coefficient (Wildman–Crippen LogP) is 2.93. The molecule has 0 radical (unpaired) electrons. The fraction of sp³-hybridized carbons (Fsp3) is 0.318. The highest BCUT2D eigenvalue weighted by atomic mass is 32.2. The van der Waals surface area contributed by atoms with Crippen LogP contribution in [-0.2, 0) is 16.4 Å². The Morgan fingerprint density at radius 3 is 2.55 bits per heavy atom. The van der Waals surface area contributed by atoms with E-state index in [4.69, 9.17) is 0 Å². The number of H-pyrrole nitrogens is 1. The molecule has 3 heterocycles. The Bertz CT molecular complexity index is 1300. The normalized spacial score (nSPS) is 16.2. The number of fused-ring (bicyclic) bond motifs is 1. The summed E-state index contributed by atoms with van der Waals surface area (Å²) in [6, 6.07) is 15.1. The first-order valence-corrected chi connectivity index (χ1v) is 12.2. The number of aromatic nitrogens is 5. The molecule has 0 unspecified atom stereocenters. The Labute approximate surface area is 180 Å². The third-order valence-electron chi connectivity index (χ3n) is 6.06. The van der Waals surface area contributed by atoms with Gasteiger partial charge < -0.3 is 4.98 Å². The van der Waals surface area contributed by atoms with Crippen molar-refractivity contribution in [1.82, 2.24) is 30.1 Å². The van der Waals surface area contributed by atoms with Crippen LogP contribution in [0.25, 0.3) is 16.6 Å². The maximum absolute atomic E-state index is 11.7. The molecule has 0 saturated carbocycles. The van der Waals surface area contributed by atoms with Crippen LogP contribution in [0, 0.1) is 0 Å². The van der Waals surface area contributed by atoms with Gasteiger partial charge in [-0.15, -0.1) is 5.10 Å². The number of likely N-dealkylation sites (tertiary alicyclic amines) is 1. The lowest BCUT2D eigenvalue weighted by Crippen LogP contribution is -2.33. The predicted molar refractivity (Wildman–Crippen MR) is 118 cm³/mol. The smallest absolute Gasteiger partial charge is 0.175 e. The average Bonchev–Trinajstić information content (AvgIpc) is 3.41. The summed E-state index contributed by atoms with van der Waals surface area (Å²) in [4.78, 5) is 6.05. The van der Waals surface area contributed by atoms with E-state index in [0.29, 0.717) is 12.5 Å². The summed E-state index contributed by atoms with van der Waals surface area (Å²) in [5, 5.41) is 13.5. The van der Waals surface area contributed by atoms with E-state index in [1.54, 1.807) is 28.9 Å². The van der Waals surface area contributed by atoms with Gasteiger partial charge in [-0.3, -0.25) is 4.90 Å². The summed E-state index contributed by atoms with van der Waals surface area (Å²) in [7, 11) is -3.23. The van der Waals surface area contributed by atoms with Gasteiger partial charge in [-0.1, -0.05) is 18.2 Å². The number of sulfone groups is 1. The molecule has 2 aromatic heterocycles. The third-order valence-corrected chi connectivity index (χ3v) is 7.19. The van der Waals surface area contributed by atoms with Gasteiger partial charge in [0.1, 0.15) is 0 Å². The number of hydrogen-bond donors (Lipinski definition) is 1. The number of rotatable bonds is 5. The summed E-state index contributed by atoms with van der Waals surface area (Å²) in [6.45, 7) is 2.61. The Hall–Kier alpha value is -3.04. The van der Waals surface area contributed by atoms with Crippen molar-refractivity contribution in [3.63, 3.8) is 0 Å². The third kappa shape index (κ3) is 3.98. The second-order valence-electron chi connectivity index (χ2n) is 8.11. The summed E-state index contributed by atoms with van der Waals surface area (Å²) >= 11 is 0. The number of tetrazole rings is 1. The number of hydrogen-bond acceptors (Lipinski definition) is 6. The number of para-hydroxylation sites is 1. The Balaban J connectivity index is 1.27. The topological polar surface area (TPSA) is 96.8 Å². The summed E-state index contributed by atoms with van der Waals surface area (Å²) in [5.74, 6) is 1.30. The van der Waals surface area contributed by atoms with Crippen LogP contribution in [0.2, 0.25) is 0 Å². The first-order chi connectivity index (χ1) is 15.0. The van der Waals surface area contributed by atoms with Crippen molar-refractivity contribution in [2.45, 2.75) is 30.2 Å². The second kappa shape index (κ2) is 7.90. The number of nitrogens with one attached hydrogen (secondary N) is 1. The van der Waals surface area contributed by atoms with Crippen molar-refractivity contribution in [1.29, 1.82) is 0 Å². The minimum atomic E-state index is -3.23. The van der Waals surface area contributed by atoms with Crippen LogP contribution in [0.3, 0.4) is 0 Å². The van der Waals surface area contributed by atoms with Gasteiger partial charge in [0.15, 0.2) is 15.7 Å². The highest BCUT2D eigenvalue weighted by molar-refractivity contribution is 7.90. The highest BCUT2D eigenvalue weighted by Crippen LogP contribution is 2.33. The largest absolute Gasteiger partial charge is 0.361 e. The Morgan fingerprint density at radius 2 is 1.81 bits per heavy atom. The van der Waals surface area contributed by atoms with Gasteiger partial charge in [-0.25, -0.2) is 8.42 Å². The fourth-order valence-electron chi connectivity index (χ4n) is 4.37. The zero-order valence-corrected chi connectivity index (χ0v) is 18.1. The van der Waals surface area contributed by atoms with Gasteiger partial charge >= 0.3 is 0 Å². The fourth-order valence-corrected chi connectivity index (χ4v) is 5.00. The van der Waals surface area contributed by atoms with Crippen LogP contribution in [-0.4, -0.2) is 57.9 Å². The minimum Gasteiger partial charge on any atom is -0.361 e. The van der Waals surface area contributed by atoms with E-state index < -0.39 is 9.84 Å². The monoisotopic (exact) mass is 436 g/mol. The molecule has 1 aliphatic heterocycles. The van der Waals surface area contributed by atoms with Crippen LogP contribution in [0.5, 0.6) is 0 Å². The first-order valence-electron chi connectivity index (χ1n) is 10.4. The summed E-state index contributed by atoms with van der Waals surface area (Å²) < 4.78 is 25.1. The minimum absolute atomic E-state index is 0.283. The van der Waals surface area contributed by atoms with Gasteiger partial charge in [-0.2, -0.15) is 4.68 Å². The van der Waals surface area contributed by atoms with E-state index in [0.717, 1.165) is 37.4 Å². The molecule has 0 atom stereocenters. The van der Waals surface area contributed by atoms with Crippen LogP contribution in [0.15, 0.2) is 59.6 Å². The molecule has 4 aromatic rings. The van der Waals surface area contributed by atoms with Crippen LogP contribution < -0.4 is 0 Å². The number of piperidine rings is 1. The zero-order valence-electron chi connectivity index (χ0n) is 17.3. The number of nitrogens with zero attached hydrogens (tertiary/aromatic N) is 5. The summed E-state index contributed by atoms with van der Waals surface area (Å²) in [6.07, 6.45) is 5.54. The molecule has 2 aromatic carbocycles. The molecule has 5 rings (SSSR count). The molecule has 1 fully saturated rings. The van der Waals surface area contributed by atoms with Crippen molar-refractivity contribution < 1.29 is 8.42 Å². The van der Waals surface area contributed by atoms with Crippen LogP contribution in [0.1, 0.15) is 30.1 Å². The van der Waals surface area contributed by atoms with Crippen molar-refractivity contribution >= 4 is 20.7 Å². The van der Waals surface area contributed by atoms with Crippen molar-refractivity contribution in [3.8, 4) is 5.69 Å². The molecule has 9 heteroatoms. The zero-order chi connectivity index (χ0) is 21.4. The molecule has 1 N–H and O–H groups in total. The number of aromatic amines is 1. The van der Waals surface area contributed by atoms with Crippen molar-refractivity contribution in [2.24, 2.45) is 0 Å². The van der Waals surface area contributed by atoms with E-state index in [9.17, 15) is 8.42 Å². The molecular formula is C22H24N6O2S. The number of benzene rings is 2. The maximum Gasteiger partial charge on any atom is 0.175 e. The average molecular weight is 437 g/mol.